The summed E-state index contributed by atoms with van der Waals surface area (Å²) in [6.45, 7) is 7.21. The molecule has 0 radical (unpaired) electrons. The number of halogens is 2. The van der Waals surface area contributed by atoms with Crippen LogP contribution < -0.4 is 5.32 Å². The molecule has 2 aliphatic heterocycles. The molecule has 0 bridgehead atoms. The molecular formula is C20H28Cl2N4O2. The first-order valence-corrected chi connectivity index (χ1v) is 10.1. The molecule has 2 unspecified atom stereocenters. The zero-order chi connectivity index (χ0) is 18.5. The third-order valence-electron chi connectivity index (χ3n) is 5.43. The van der Waals surface area contributed by atoms with Crippen molar-refractivity contribution in [3.05, 3.63) is 47.2 Å². The van der Waals surface area contributed by atoms with E-state index in [9.17, 15) is 0 Å². The molecule has 0 saturated carbocycles. The molecule has 1 aromatic carbocycles. The van der Waals surface area contributed by atoms with Crippen molar-refractivity contribution in [2.75, 3.05) is 46.1 Å². The average Bonchev–Trinajstić information content (AvgIpc) is 3.39. The van der Waals surface area contributed by atoms with Crippen LogP contribution in [0.3, 0.4) is 0 Å². The van der Waals surface area contributed by atoms with Crippen LogP contribution in [0.2, 0.25) is 5.02 Å². The first kappa shape index (κ1) is 21.6. The van der Waals surface area contributed by atoms with Crippen molar-refractivity contribution in [2.45, 2.75) is 19.0 Å². The quantitative estimate of drug-likeness (QED) is 0.737. The summed E-state index contributed by atoms with van der Waals surface area (Å²) in [7, 11) is 0. The number of nitrogens with zero attached hydrogens (tertiary/aromatic N) is 3. The second-order valence-corrected chi connectivity index (χ2v) is 7.68. The van der Waals surface area contributed by atoms with Gasteiger partial charge < -0.3 is 14.8 Å². The molecular weight excluding hydrogens is 399 g/mol. The lowest BCUT2D eigenvalue weighted by molar-refractivity contribution is 0.00137. The fourth-order valence-electron chi connectivity index (χ4n) is 3.91. The third-order valence-corrected chi connectivity index (χ3v) is 5.69. The van der Waals surface area contributed by atoms with Gasteiger partial charge in [0.05, 0.1) is 31.7 Å². The van der Waals surface area contributed by atoms with Crippen molar-refractivity contribution in [2.24, 2.45) is 5.92 Å². The summed E-state index contributed by atoms with van der Waals surface area (Å²) in [5.41, 5.74) is 2.19. The number of nitrogens with one attached hydrogen (secondary N) is 1. The number of aromatic nitrogens is 2. The fourth-order valence-corrected chi connectivity index (χ4v) is 4.04. The number of morpholine rings is 1. The van der Waals surface area contributed by atoms with Crippen molar-refractivity contribution in [3.8, 4) is 5.69 Å². The van der Waals surface area contributed by atoms with Crippen LogP contribution in [0.25, 0.3) is 5.69 Å². The SMILES string of the molecule is Cl.Clc1ccc(-n2cc(CNCC(C3CCOC3)N3CCOCC3)cn2)cc1. The van der Waals surface area contributed by atoms with Crippen LogP contribution >= 0.6 is 24.0 Å². The van der Waals surface area contributed by atoms with Gasteiger partial charge in [0, 0.05) is 61.5 Å². The van der Waals surface area contributed by atoms with Gasteiger partial charge in [-0.25, -0.2) is 4.68 Å². The lowest BCUT2D eigenvalue weighted by Gasteiger charge is -2.37. The van der Waals surface area contributed by atoms with Crippen LogP contribution in [0.15, 0.2) is 36.7 Å². The van der Waals surface area contributed by atoms with Crippen LogP contribution in [-0.4, -0.2) is 66.8 Å². The molecule has 154 valence electrons. The number of benzene rings is 1. The van der Waals surface area contributed by atoms with Crippen LogP contribution in [0, 0.1) is 5.92 Å². The Balaban J connectivity index is 0.00000225. The highest BCUT2D eigenvalue weighted by Gasteiger charge is 2.31. The lowest BCUT2D eigenvalue weighted by atomic mass is 9.97. The Bertz CT molecular complexity index is 713. The first-order chi connectivity index (χ1) is 13.3. The van der Waals surface area contributed by atoms with E-state index >= 15 is 0 Å². The molecule has 0 amide bonds. The second kappa shape index (κ2) is 10.6. The van der Waals surface area contributed by atoms with Gasteiger partial charge in [-0.15, -0.1) is 12.4 Å². The number of ether oxygens (including phenoxy) is 2. The van der Waals surface area contributed by atoms with E-state index in [4.69, 9.17) is 21.1 Å². The van der Waals surface area contributed by atoms with E-state index in [2.05, 4.69) is 21.5 Å². The number of rotatable bonds is 7. The molecule has 1 N–H and O–H groups in total. The summed E-state index contributed by atoms with van der Waals surface area (Å²) in [6.07, 6.45) is 5.14. The van der Waals surface area contributed by atoms with Gasteiger partial charge in [0.1, 0.15) is 0 Å². The zero-order valence-electron chi connectivity index (χ0n) is 15.9. The van der Waals surface area contributed by atoms with Crippen LogP contribution in [0.4, 0.5) is 0 Å². The van der Waals surface area contributed by atoms with Crippen molar-refractivity contribution in [3.63, 3.8) is 0 Å². The standard InChI is InChI=1S/C20H27ClN4O2.ClH/c21-18-1-3-19(4-2-18)25-14-16(12-23-25)11-22-13-20(17-5-8-27-15-17)24-6-9-26-10-7-24;/h1-4,12,14,17,20,22H,5-11,13,15H2;1H. The molecule has 3 heterocycles. The number of hydrogen-bond donors (Lipinski definition) is 1. The topological polar surface area (TPSA) is 51.5 Å². The highest BCUT2D eigenvalue weighted by atomic mass is 35.5. The molecule has 1 aromatic heterocycles. The van der Waals surface area contributed by atoms with Crippen molar-refractivity contribution in [1.82, 2.24) is 20.0 Å². The Kier molecular flexibility index (Phi) is 8.14. The Morgan fingerprint density at radius 1 is 1.14 bits per heavy atom. The predicted molar refractivity (Wildman–Crippen MR) is 113 cm³/mol. The van der Waals surface area contributed by atoms with Gasteiger partial charge >= 0.3 is 0 Å². The van der Waals surface area contributed by atoms with Crippen molar-refractivity contribution < 1.29 is 9.47 Å². The Morgan fingerprint density at radius 2 is 1.93 bits per heavy atom. The van der Waals surface area contributed by atoms with E-state index in [1.54, 1.807) is 0 Å². The van der Waals surface area contributed by atoms with E-state index in [1.807, 2.05) is 35.1 Å². The molecule has 2 saturated heterocycles. The molecule has 28 heavy (non-hydrogen) atoms. The van der Waals surface area contributed by atoms with Crippen molar-refractivity contribution >= 4 is 24.0 Å². The number of hydrogen-bond acceptors (Lipinski definition) is 5. The molecule has 2 aromatic rings. The van der Waals surface area contributed by atoms with Gasteiger partial charge in [0.2, 0.25) is 0 Å². The summed E-state index contributed by atoms with van der Waals surface area (Å²) in [5, 5.41) is 8.84. The summed E-state index contributed by atoms with van der Waals surface area (Å²) in [4.78, 5) is 2.56. The van der Waals surface area contributed by atoms with Gasteiger partial charge in [-0.1, -0.05) is 11.6 Å². The van der Waals surface area contributed by atoms with Gasteiger partial charge in [0.15, 0.2) is 0 Å². The molecule has 8 heteroatoms. The van der Waals surface area contributed by atoms with E-state index in [-0.39, 0.29) is 12.4 Å². The molecule has 2 fully saturated rings. The zero-order valence-corrected chi connectivity index (χ0v) is 17.5. The maximum Gasteiger partial charge on any atom is 0.0646 e. The van der Waals surface area contributed by atoms with E-state index in [1.165, 1.54) is 5.56 Å². The molecule has 0 spiro atoms. The summed E-state index contributed by atoms with van der Waals surface area (Å²) < 4.78 is 13.1. The summed E-state index contributed by atoms with van der Waals surface area (Å²) in [6, 6.07) is 8.21. The van der Waals surface area contributed by atoms with E-state index < -0.39 is 0 Å². The minimum Gasteiger partial charge on any atom is -0.381 e. The van der Waals surface area contributed by atoms with Crippen LogP contribution in [0.5, 0.6) is 0 Å². The second-order valence-electron chi connectivity index (χ2n) is 7.24. The summed E-state index contributed by atoms with van der Waals surface area (Å²) >= 11 is 5.96. The van der Waals surface area contributed by atoms with Crippen LogP contribution in [-0.2, 0) is 16.0 Å². The maximum atomic E-state index is 5.96. The normalized spacial score (nSPS) is 21.4. The molecule has 0 aliphatic carbocycles. The predicted octanol–water partition coefficient (Wildman–Crippen LogP) is 2.77. The van der Waals surface area contributed by atoms with Gasteiger partial charge in [-0.2, -0.15) is 5.10 Å². The third kappa shape index (κ3) is 5.47. The Hall–Kier alpha value is -1.15. The van der Waals surface area contributed by atoms with E-state index in [0.717, 1.165) is 69.7 Å². The van der Waals surface area contributed by atoms with Gasteiger partial charge in [-0.05, 0) is 30.7 Å². The van der Waals surface area contributed by atoms with Gasteiger partial charge in [-0.3, -0.25) is 4.90 Å². The highest BCUT2D eigenvalue weighted by molar-refractivity contribution is 6.30. The minimum atomic E-state index is 0. The highest BCUT2D eigenvalue weighted by Crippen LogP contribution is 2.22. The average molecular weight is 427 g/mol. The fraction of sp³-hybridized carbons (Fsp3) is 0.550. The Labute approximate surface area is 177 Å². The van der Waals surface area contributed by atoms with Crippen LogP contribution in [0.1, 0.15) is 12.0 Å². The largest absolute Gasteiger partial charge is 0.381 e. The smallest absolute Gasteiger partial charge is 0.0646 e. The van der Waals surface area contributed by atoms with Crippen molar-refractivity contribution in [1.29, 1.82) is 0 Å². The summed E-state index contributed by atoms with van der Waals surface area (Å²) in [5.74, 6) is 0.604. The molecule has 2 aliphatic rings. The first-order valence-electron chi connectivity index (χ1n) is 9.69. The molecule has 6 nitrogen and oxygen atoms in total. The molecule has 4 rings (SSSR count). The minimum absolute atomic E-state index is 0. The van der Waals surface area contributed by atoms with E-state index in [0.29, 0.717) is 12.0 Å². The lowest BCUT2D eigenvalue weighted by Crippen LogP contribution is -2.51. The van der Waals surface area contributed by atoms with Gasteiger partial charge in [0.25, 0.3) is 0 Å². The molecule has 2 atom stereocenters. The monoisotopic (exact) mass is 426 g/mol. The maximum absolute atomic E-state index is 5.96. The Morgan fingerprint density at radius 3 is 2.64 bits per heavy atom.